The summed E-state index contributed by atoms with van der Waals surface area (Å²) in [7, 11) is 1.81. The summed E-state index contributed by atoms with van der Waals surface area (Å²) in [6.45, 7) is 0. The van der Waals surface area contributed by atoms with Crippen molar-refractivity contribution in [2.75, 3.05) is 11.9 Å². The number of hydrogen-bond acceptors (Lipinski definition) is 3. The van der Waals surface area contributed by atoms with Crippen LogP contribution in [0.5, 0.6) is 0 Å². The lowest BCUT2D eigenvalue weighted by Gasteiger charge is -2.29. The fourth-order valence-electron chi connectivity index (χ4n) is 3.43. The highest BCUT2D eigenvalue weighted by molar-refractivity contribution is 5.96. The summed E-state index contributed by atoms with van der Waals surface area (Å²) in [5.74, 6) is 0.147. The molecule has 0 bridgehead atoms. The van der Waals surface area contributed by atoms with Crippen LogP contribution in [0.15, 0.2) is 23.2 Å². The van der Waals surface area contributed by atoms with Gasteiger partial charge in [0, 0.05) is 19.2 Å². The van der Waals surface area contributed by atoms with Gasteiger partial charge in [-0.3, -0.25) is 4.79 Å². The molecule has 1 amide bonds. The number of aryl methyl sites for hydroxylation is 1. The molecule has 1 saturated carbocycles. The van der Waals surface area contributed by atoms with Crippen LogP contribution in [-0.2, 0) is 21.5 Å². The summed E-state index contributed by atoms with van der Waals surface area (Å²) in [4.78, 5) is 28.5. The summed E-state index contributed by atoms with van der Waals surface area (Å²) in [5, 5.41) is 0. The van der Waals surface area contributed by atoms with Crippen molar-refractivity contribution in [2.24, 2.45) is 4.99 Å². The first-order valence-corrected chi connectivity index (χ1v) is 7.15. The first-order chi connectivity index (χ1) is 9.66. The van der Waals surface area contributed by atoms with E-state index >= 15 is 0 Å². The minimum atomic E-state index is -0.419. The third kappa shape index (κ3) is 1.97. The predicted octanol–water partition coefficient (Wildman–Crippen LogP) is 2.70. The number of hydrogen-bond donors (Lipinski definition) is 0. The van der Waals surface area contributed by atoms with Crippen molar-refractivity contribution >= 4 is 17.7 Å². The molecular weight excluding hydrogens is 252 g/mol. The van der Waals surface area contributed by atoms with E-state index in [1.807, 2.05) is 13.1 Å². The molecule has 0 spiro atoms. The lowest BCUT2D eigenvalue weighted by Crippen LogP contribution is -2.31. The first kappa shape index (κ1) is 13.1. The molecule has 0 saturated heterocycles. The summed E-state index contributed by atoms with van der Waals surface area (Å²) in [5.41, 5.74) is 2.78. The van der Waals surface area contributed by atoms with Crippen LogP contribution < -0.4 is 4.90 Å². The van der Waals surface area contributed by atoms with Crippen LogP contribution in [0, 0.1) is 0 Å². The van der Waals surface area contributed by atoms with Gasteiger partial charge in [-0.15, -0.1) is 0 Å². The van der Waals surface area contributed by atoms with E-state index in [2.05, 4.69) is 17.1 Å². The average Bonchev–Trinajstić information content (AvgIpc) is 2.93. The number of carbonyl (C=O) groups is 1. The van der Waals surface area contributed by atoms with E-state index < -0.39 is 5.54 Å². The molecule has 1 aromatic carbocycles. The summed E-state index contributed by atoms with van der Waals surface area (Å²) >= 11 is 0. The van der Waals surface area contributed by atoms with E-state index in [1.165, 1.54) is 5.56 Å². The monoisotopic (exact) mass is 270 g/mol. The van der Waals surface area contributed by atoms with E-state index in [0.717, 1.165) is 43.4 Å². The minimum absolute atomic E-state index is 0.147. The van der Waals surface area contributed by atoms with Crippen molar-refractivity contribution in [3.05, 3.63) is 29.3 Å². The molecule has 0 N–H and O–H groups in total. The molecule has 4 nitrogen and oxygen atoms in total. The van der Waals surface area contributed by atoms with Crippen molar-refractivity contribution in [1.82, 2.24) is 0 Å². The SMILES string of the molecule is CN1C(=O)CCc2ccc(C3(N=C=O)CCCC3)cc21. The second-order valence-electron chi connectivity index (χ2n) is 5.74. The number of rotatable bonds is 2. The van der Waals surface area contributed by atoms with E-state index in [4.69, 9.17) is 0 Å². The van der Waals surface area contributed by atoms with Crippen LogP contribution in [0.25, 0.3) is 0 Å². The van der Waals surface area contributed by atoms with Crippen LogP contribution in [-0.4, -0.2) is 19.0 Å². The smallest absolute Gasteiger partial charge is 0.235 e. The Bertz CT molecular complexity index is 596. The largest absolute Gasteiger partial charge is 0.315 e. The van der Waals surface area contributed by atoms with Gasteiger partial charge in [0.05, 0.1) is 5.54 Å². The number of carbonyl (C=O) groups excluding carboxylic acids is 2. The molecule has 0 unspecified atom stereocenters. The number of benzene rings is 1. The molecule has 0 atom stereocenters. The van der Waals surface area contributed by atoms with Gasteiger partial charge in [-0.25, -0.2) is 4.79 Å². The van der Waals surface area contributed by atoms with Crippen molar-refractivity contribution in [3.8, 4) is 0 Å². The van der Waals surface area contributed by atoms with E-state index in [-0.39, 0.29) is 5.91 Å². The molecule has 2 aliphatic rings. The maximum atomic E-state index is 11.8. The Kier molecular flexibility index (Phi) is 3.19. The maximum Gasteiger partial charge on any atom is 0.235 e. The van der Waals surface area contributed by atoms with Gasteiger partial charge in [0.15, 0.2) is 0 Å². The minimum Gasteiger partial charge on any atom is -0.315 e. The van der Waals surface area contributed by atoms with E-state index in [0.29, 0.717) is 6.42 Å². The second kappa shape index (κ2) is 4.88. The highest BCUT2D eigenvalue weighted by Crippen LogP contribution is 2.43. The molecule has 1 aromatic rings. The zero-order valence-electron chi connectivity index (χ0n) is 11.7. The van der Waals surface area contributed by atoms with Gasteiger partial charge in [-0.1, -0.05) is 25.0 Å². The highest BCUT2D eigenvalue weighted by atomic mass is 16.2. The van der Waals surface area contributed by atoms with E-state index in [1.54, 1.807) is 11.0 Å². The standard InChI is InChI=1S/C16H18N2O2/c1-18-14-10-13(6-4-12(14)5-7-15(18)20)16(17-11-19)8-2-3-9-16/h4,6,10H,2-3,5,7-9H2,1H3. The summed E-state index contributed by atoms with van der Waals surface area (Å²) < 4.78 is 0. The Morgan fingerprint density at radius 2 is 2.00 bits per heavy atom. The van der Waals surface area contributed by atoms with Gasteiger partial charge in [0.2, 0.25) is 12.0 Å². The number of isocyanates is 1. The molecule has 0 radical (unpaired) electrons. The van der Waals surface area contributed by atoms with Crippen molar-refractivity contribution in [1.29, 1.82) is 0 Å². The molecule has 1 fully saturated rings. The van der Waals surface area contributed by atoms with Gasteiger partial charge in [-0.05, 0) is 36.5 Å². The Morgan fingerprint density at radius 1 is 1.25 bits per heavy atom. The predicted molar refractivity (Wildman–Crippen MR) is 76.4 cm³/mol. The molecule has 104 valence electrons. The molecule has 1 heterocycles. The lowest BCUT2D eigenvalue weighted by atomic mass is 9.86. The molecular formula is C16H18N2O2. The molecule has 1 aliphatic heterocycles. The van der Waals surface area contributed by atoms with Crippen LogP contribution in [0.2, 0.25) is 0 Å². The number of aliphatic imine (C=N–C) groups is 1. The van der Waals surface area contributed by atoms with Crippen LogP contribution in [0.3, 0.4) is 0 Å². The molecule has 1 aliphatic carbocycles. The molecule has 0 aromatic heterocycles. The van der Waals surface area contributed by atoms with Crippen molar-refractivity contribution in [2.45, 2.75) is 44.1 Å². The Balaban J connectivity index is 2.07. The van der Waals surface area contributed by atoms with Crippen molar-refractivity contribution in [3.63, 3.8) is 0 Å². The third-order valence-corrected chi connectivity index (χ3v) is 4.66. The topological polar surface area (TPSA) is 49.7 Å². The quantitative estimate of drug-likeness (QED) is 0.613. The number of amides is 1. The van der Waals surface area contributed by atoms with Gasteiger partial charge >= 0.3 is 0 Å². The number of fused-ring (bicyclic) bond motifs is 1. The normalized spacial score (nSPS) is 20.4. The summed E-state index contributed by atoms with van der Waals surface area (Å²) in [6.07, 6.45) is 7.04. The molecule has 3 rings (SSSR count). The van der Waals surface area contributed by atoms with Gasteiger partial charge in [0.25, 0.3) is 0 Å². The average molecular weight is 270 g/mol. The fraction of sp³-hybridized carbons (Fsp3) is 0.500. The summed E-state index contributed by atoms with van der Waals surface area (Å²) in [6, 6.07) is 6.18. The first-order valence-electron chi connectivity index (χ1n) is 7.15. The van der Waals surface area contributed by atoms with Crippen LogP contribution in [0.4, 0.5) is 5.69 Å². The second-order valence-corrected chi connectivity index (χ2v) is 5.74. The zero-order chi connectivity index (χ0) is 14.2. The number of nitrogens with zero attached hydrogens (tertiary/aromatic N) is 2. The number of anilines is 1. The van der Waals surface area contributed by atoms with Gasteiger partial charge in [0.1, 0.15) is 0 Å². The third-order valence-electron chi connectivity index (χ3n) is 4.66. The maximum absolute atomic E-state index is 11.8. The highest BCUT2D eigenvalue weighted by Gasteiger charge is 2.36. The van der Waals surface area contributed by atoms with Gasteiger partial charge in [-0.2, -0.15) is 4.99 Å². The lowest BCUT2D eigenvalue weighted by molar-refractivity contribution is -0.118. The van der Waals surface area contributed by atoms with Crippen molar-refractivity contribution < 1.29 is 9.59 Å². The van der Waals surface area contributed by atoms with E-state index in [9.17, 15) is 9.59 Å². The van der Waals surface area contributed by atoms with Gasteiger partial charge < -0.3 is 4.90 Å². The van der Waals surface area contributed by atoms with Crippen LogP contribution >= 0.6 is 0 Å². The Hall–Kier alpha value is -1.93. The van der Waals surface area contributed by atoms with Crippen LogP contribution in [0.1, 0.15) is 43.2 Å². The Morgan fingerprint density at radius 3 is 2.70 bits per heavy atom. The zero-order valence-corrected chi connectivity index (χ0v) is 11.7. The molecule has 4 heteroatoms. The molecule has 20 heavy (non-hydrogen) atoms. The fourth-order valence-corrected chi connectivity index (χ4v) is 3.43. The Labute approximate surface area is 118 Å².